The lowest BCUT2D eigenvalue weighted by atomic mass is 10.1. The van der Waals surface area contributed by atoms with E-state index in [4.69, 9.17) is 0 Å². The lowest BCUT2D eigenvalue weighted by Gasteiger charge is -2.16. The van der Waals surface area contributed by atoms with Gasteiger partial charge in [0.25, 0.3) is 0 Å². The largest absolute Gasteiger partial charge is 0.416 e. The molecule has 1 atom stereocenters. The van der Waals surface area contributed by atoms with E-state index in [1.807, 2.05) is 4.90 Å². The molecule has 1 aromatic rings. The van der Waals surface area contributed by atoms with Crippen molar-refractivity contribution in [3.63, 3.8) is 0 Å². The molecule has 1 aliphatic heterocycles. The quantitative estimate of drug-likeness (QED) is 0.681. The van der Waals surface area contributed by atoms with Gasteiger partial charge in [-0.1, -0.05) is 6.07 Å². The first kappa shape index (κ1) is 14.4. The molecule has 1 heterocycles. The van der Waals surface area contributed by atoms with Crippen molar-refractivity contribution in [3.05, 3.63) is 42.1 Å². The third-order valence-electron chi connectivity index (χ3n) is 3.16. The van der Waals surface area contributed by atoms with Gasteiger partial charge in [-0.05, 0) is 30.7 Å². The Bertz CT molecular complexity index is 499. The summed E-state index contributed by atoms with van der Waals surface area (Å²) < 4.78 is 37.8. The normalized spacial score (nSPS) is 19.6. The zero-order valence-electron chi connectivity index (χ0n) is 10.7. The van der Waals surface area contributed by atoms with E-state index in [9.17, 15) is 18.0 Å². The van der Waals surface area contributed by atoms with Gasteiger partial charge in [-0.25, -0.2) is 0 Å². The molecule has 0 saturated carbocycles. The van der Waals surface area contributed by atoms with Crippen molar-refractivity contribution in [1.82, 2.24) is 4.90 Å². The fourth-order valence-electron chi connectivity index (χ4n) is 2.22. The number of aldehydes is 1. The number of carbonyl (C=O) groups excluding carboxylic acids is 1. The summed E-state index contributed by atoms with van der Waals surface area (Å²) in [6.07, 6.45) is 0.298. The Hall–Kier alpha value is -1.98. The van der Waals surface area contributed by atoms with Crippen LogP contribution in [-0.2, 0) is 11.0 Å². The first-order chi connectivity index (χ1) is 9.49. The lowest BCUT2D eigenvalue weighted by Crippen LogP contribution is -2.23. The van der Waals surface area contributed by atoms with Crippen molar-refractivity contribution in [3.8, 4) is 0 Å². The number of alkyl halides is 3. The van der Waals surface area contributed by atoms with E-state index < -0.39 is 11.7 Å². The van der Waals surface area contributed by atoms with E-state index in [0.29, 0.717) is 18.5 Å². The average molecular weight is 284 g/mol. The third kappa shape index (κ3) is 3.76. The molecular formula is C14H15F3N2O. The zero-order chi connectivity index (χ0) is 14.6. The standard InChI is InChI=1S/C14H15F3N2O/c15-14(16,17)11-3-1-4-12(9-11)18-13-5-7-19(10-13)6-2-8-20/h1-4,6,8-9,13,18H,5,7,10H2/t13-/m1/s1. The van der Waals surface area contributed by atoms with E-state index in [0.717, 1.165) is 25.1 Å². The van der Waals surface area contributed by atoms with Gasteiger partial charge in [-0.15, -0.1) is 0 Å². The highest BCUT2D eigenvalue weighted by molar-refractivity contribution is 5.64. The zero-order valence-corrected chi connectivity index (χ0v) is 10.7. The van der Waals surface area contributed by atoms with Crippen LogP contribution in [0.5, 0.6) is 0 Å². The summed E-state index contributed by atoms with van der Waals surface area (Å²) in [5, 5.41) is 3.10. The number of likely N-dealkylation sites (tertiary alicyclic amines) is 1. The van der Waals surface area contributed by atoms with Gasteiger partial charge in [-0.2, -0.15) is 13.2 Å². The van der Waals surface area contributed by atoms with Crippen molar-refractivity contribution in [2.45, 2.75) is 18.6 Å². The maximum absolute atomic E-state index is 12.6. The van der Waals surface area contributed by atoms with Crippen LogP contribution in [0.1, 0.15) is 12.0 Å². The SMILES string of the molecule is O=CC=CN1CC[C@@H](Nc2cccc(C(F)(F)F)c2)C1. The second-order valence-corrected chi connectivity index (χ2v) is 4.68. The molecule has 0 spiro atoms. The van der Waals surface area contributed by atoms with Crippen LogP contribution in [0.3, 0.4) is 0 Å². The maximum Gasteiger partial charge on any atom is 0.416 e. The first-order valence-electron chi connectivity index (χ1n) is 6.29. The second kappa shape index (κ2) is 5.98. The number of nitrogens with zero attached hydrogens (tertiary/aromatic N) is 1. The van der Waals surface area contributed by atoms with Gasteiger partial charge in [0, 0.05) is 31.0 Å². The maximum atomic E-state index is 12.6. The number of hydrogen-bond donors (Lipinski definition) is 1. The number of nitrogens with one attached hydrogen (secondary N) is 1. The van der Waals surface area contributed by atoms with Gasteiger partial charge in [0.15, 0.2) is 0 Å². The molecule has 1 N–H and O–H groups in total. The number of hydrogen-bond acceptors (Lipinski definition) is 3. The molecule has 1 aliphatic rings. The summed E-state index contributed by atoms with van der Waals surface area (Å²) in [5.74, 6) is 0. The molecule has 0 unspecified atom stereocenters. The Kier molecular flexibility index (Phi) is 4.32. The predicted molar refractivity (Wildman–Crippen MR) is 70.2 cm³/mol. The topological polar surface area (TPSA) is 32.3 Å². The molecule has 1 fully saturated rings. The predicted octanol–water partition coefficient (Wildman–Crippen LogP) is 2.90. The number of halogens is 3. The second-order valence-electron chi connectivity index (χ2n) is 4.68. The molecule has 0 amide bonds. The molecule has 0 aromatic heterocycles. The monoisotopic (exact) mass is 284 g/mol. The molecule has 1 aromatic carbocycles. The van der Waals surface area contributed by atoms with Crippen LogP contribution in [-0.4, -0.2) is 30.3 Å². The number of anilines is 1. The van der Waals surface area contributed by atoms with E-state index in [-0.39, 0.29) is 6.04 Å². The van der Waals surface area contributed by atoms with E-state index in [1.54, 1.807) is 12.3 Å². The molecular weight excluding hydrogens is 269 g/mol. The van der Waals surface area contributed by atoms with Crippen LogP contribution < -0.4 is 5.32 Å². The van der Waals surface area contributed by atoms with Gasteiger partial charge < -0.3 is 10.2 Å². The molecule has 108 valence electrons. The minimum atomic E-state index is -4.33. The average Bonchev–Trinajstić information content (AvgIpc) is 2.83. The summed E-state index contributed by atoms with van der Waals surface area (Å²) in [5.41, 5.74) is -0.191. The van der Waals surface area contributed by atoms with Crippen molar-refractivity contribution >= 4 is 12.0 Å². The fourth-order valence-corrected chi connectivity index (χ4v) is 2.22. The van der Waals surface area contributed by atoms with Crippen LogP contribution >= 0.6 is 0 Å². The molecule has 0 aliphatic carbocycles. The van der Waals surface area contributed by atoms with Crippen LogP contribution in [0, 0.1) is 0 Å². The number of carbonyl (C=O) groups is 1. The summed E-state index contributed by atoms with van der Waals surface area (Å²) >= 11 is 0. The Morgan fingerprint density at radius 1 is 1.35 bits per heavy atom. The minimum Gasteiger partial charge on any atom is -0.380 e. The van der Waals surface area contributed by atoms with Gasteiger partial charge >= 0.3 is 6.18 Å². The smallest absolute Gasteiger partial charge is 0.380 e. The van der Waals surface area contributed by atoms with Gasteiger partial charge in [0.2, 0.25) is 0 Å². The summed E-state index contributed by atoms with van der Waals surface area (Å²) in [7, 11) is 0. The molecule has 3 nitrogen and oxygen atoms in total. The highest BCUT2D eigenvalue weighted by Crippen LogP contribution is 2.31. The number of benzene rings is 1. The van der Waals surface area contributed by atoms with Crippen LogP contribution in [0.4, 0.5) is 18.9 Å². The summed E-state index contributed by atoms with van der Waals surface area (Å²) in [6, 6.07) is 5.27. The minimum absolute atomic E-state index is 0.0785. The van der Waals surface area contributed by atoms with Crippen LogP contribution in [0.2, 0.25) is 0 Å². The summed E-state index contributed by atoms with van der Waals surface area (Å²) in [6.45, 7) is 1.45. The van der Waals surface area contributed by atoms with Gasteiger partial charge in [0.1, 0.15) is 6.29 Å². The molecule has 2 rings (SSSR count). The summed E-state index contributed by atoms with van der Waals surface area (Å²) in [4.78, 5) is 12.2. The molecule has 6 heteroatoms. The van der Waals surface area contributed by atoms with Crippen LogP contribution in [0.15, 0.2) is 36.5 Å². The highest BCUT2D eigenvalue weighted by atomic mass is 19.4. The fraction of sp³-hybridized carbons (Fsp3) is 0.357. The van der Waals surface area contributed by atoms with Crippen molar-refractivity contribution in [2.75, 3.05) is 18.4 Å². The molecule has 0 radical (unpaired) electrons. The Morgan fingerprint density at radius 2 is 2.15 bits per heavy atom. The van der Waals surface area contributed by atoms with E-state index >= 15 is 0 Å². The van der Waals surface area contributed by atoms with E-state index in [1.165, 1.54) is 12.1 Å². The van der Waals surface area contributed by atoms with Crippen LogP contribution in [0.25, 0.3) is 0 Å². The van der Waals surface area contributed by atoms with Crippen molar-refractivity contribution < 1.29 is 18.0 Å². The van der Waals surface area contributed by atoms with Crippen molar-refractivity contribution in [1.29, 1.82) is 0 Å². The van der Waals surface area contributed by atoms with E-state index in [2.05, 4.69) is 5.32 Å². The van der Waals surface area contributed by atoms with Gasteiger partial charge in [-0.3, -0.25) is 4.79 Å². The molecule has 20 heavy (non-hydrogen) atoms. The number of rotatable bonds is 4. The van der Waals surface area contributed by atoms with Crippen molar-refractivity contribution in [2.24, 2.45) is 0 Å². The Morgan fingerprint density at radius 3 is 2.85 bits per heavy atom. The lowest BCUT2D eigenvalue weighted by molar-refractivity contribution is -0.137. The molecule has 0 bridgehead atoms. The third-order valence-corrected chi connectivity index (χ3v) is 3.16. The Labute approximate surface area is 115 Å². The van der Waals surface area contributed by atoms with Gasteiger partial charge in [0.05, 0.1) is 5.56 Å². The first-order valence-corrected chi connectivity index (χ1v) is 6.29. The molecule has 1 saturated heterocycles. The Balaban J connectivity index is 1.98. The highest BCUT2D eigenvalue weighted by Gasteiger charge is 2.30. The number of allylic oxidation sites excluding steroid dienone is 1.